The molecule has 1 amide bonds. The van der Waals surface area contributed by atoms with Crippen LogP contribution in [-0.4, -0.2) is 33.3 Å². The molecule has 0 saturated carbocycles. The molecule has 0 radical (unpaired) electrons. The van der Waals surface area contributed by atoms with Gasteiger partial charge in [0.05, 0.1) is 6.61 Å². The Morgan fingerprint density at radius 1 is 1.33 bits per heavy atom. The Morgan fingerprint density at radius 3 is 2.40 bits per heavy atom. The minimum Gasteiger partial charge on any atom is -0.356 e. The average molecular weight is 239 g/mol. The predicted octanol–water partition coefficient (Wildman–Crippen LogP) is 1.32. The number of hydrogen-bond donors (Lipinski definition) is 1. The van der Waals surface area contributed by atoms with Crippen LogP contribution in [-0.2, 0) is 22.9 Å². The summed E-state index contributed by atoms with van der Waals surface area (Å²) in [7, 11) is -0.858. The lowest BCUT2D eigenvalue weighted by molar-refractivity contribution is -0.120. The van der Waals surface area contributed by atoms with Crippen LogP contribution in [0, 0.1) is 0 Å². The maximum absolute atomic E-state index is 11.3. The fourth-order valence-electron chi connectivity index (χ4n) is 0.781. The molecule has 0 aromatic rings. The van der Waals surface area contributed by atoms with Gasteiger partial charge in [0.15, 0.2) is 0 Å². The van der Waals surface area contributed by atoms with E-state index < -0.39 is 7.82 Å². The molecule has 0 spiro atoms. The third kappa shape index (κ3) is 6.62. The molecule has 0 aromatic heterocycles. The van der Waals surface area contributed by atoms with Crippen LogP contribution in [0.4, 0.5) is 0 Å². The molecule has 90 valence electrons. The fourth-order valence-corrected chi connectivity index (χ4v) is 1.49. The van der Waals surface area contributed by atoms with Crippen LogP contribution < -0.4 is 5.32 Å². The lowest BCUT2D eigenvalue weighted by Crippen LogP contribution is -2.24. The van der Waals surface area contributed by atoms with Crippen LogP contribution in [0.1, 0.15) is 19.8 Å². The molecule has 0 bridgehead atoms. The molecule has 0 rings (SSSR count). The minimum absolute atomic E-state index is 0.0170. The molecule has 6 nitrogen and oxygen atoms in total. The Hall–Kier alpha value is -0.420. The standard InChI is InChI=1S/C8H18NO5P/c1-4-8(10)9-6-5-7-14-15(11,12-2)13-3/h4-7H2,1-3H3,(H,9,10). The molecule has 15 heavy (non-hydrogen) atoms. The van der Waals surface area contributed by atoms with E-state index in [4.69, 9.17) is 4.52 Å². The van der Waals surface area contributed by atoms with E-state index in [2.05, 4.69) is 14.4 Å². The van der Waals surface area contributed by atoms with Gasteiger partial charge >= 0.3 is 7.82 Å². The van der Waals surface area contributed by atoms with Crippen LogP contribution in [0.25, 0.3) is 0 Å². The first kappa shape index (κ1) is 14.6. The van der Waals surface area contributed by atoms with Crippen LogP contribution >= 0.6 is 7.82 Å². The number of amides is 1. The van der Waals surface area contributed by atoms with Crippen molar-refractivity contribution in [2.75, 3.05) is 27.4 Å². The normalized spacial score (nSPS) is 11.4. The topological polar surface area (TPSA) is 73.9 Å². The van der Waals surface area contributed by atoms with Crippen LogP contribution in [0.2, 0.25) is 0 Å². The highest BCUT2D eigenvalue weighted by molar-refractivity contribution is 7.48. The molecule has 0 fully saturated rings. The van der Waals surface area contributed by atoms with Gasteiger partial charge in [-0.3, -0.25) is 18.4 Å². The molecule has 0 atom stereocenters. The first-order valence-corrected chi connectivity index (χ1v) is 6.16. The number of carbonyl (C=O) groups excluding carboxylic acids is 1. The van der Waals surface area contributed by atoms with Gasteiger partial charge in [-0.1, -0.05) is 6.92 Å². The summed E-state index contributed by atoms with van der Waals surface area (Å²) in [6.45, 7) is 2.47. The second kappa shape index (κ2) is 7.82. The van der Waals surface area contributed by atoms with Crippen molar-refractivity contribution in [3.63, 3.8) is 0 Å². The van der Waals surface area contributed by atoms with Crippen molar-refractivity contribution in [2.45, 2.75) is 19.8 Å². The molecule has 1 N–H and O–H groups in total. The van der Waals surface area contributed by atoms with Gasteiger partial charge in [-0.15, -0.1) is 0 Å². The SMILES string of the molecule is CCC(=O)NCCCOP(=O)(OC)OC. The van der Waals surface area contributed by atoms with Crippen molar-refractivity contribution < 1.29 is 22.9 Å². The quantitative estimate of drug-likeness (QED) is 0.510. The van der Waals surface area contributed by atoms with Crippen molar-refractivity contribution in [3.8, 4) is 0 Å². The van der Waals surface area contributed by atoms with E-state index in [0.29, 0.717) is 19.4 Å². The molecule has 0 heterocycles. The number of phosphoric ester groups is 1. The third-order valence-electron chi connectivity index (χ3n) is 1.66. The largest absolute Gasteiger partial charge is 0.474 e. The summed E-state index contributed by atoms with van der Waals surface area (Å²) in [5.74, 6) is -0.0170. The Kier molecular flexibility index (Phi) is 7.60. The van der Waals surface area contributed by atoms with Gasteiger partial charge in [0.2, 0.25) is 5.91 Å². The fraction of sp³-hybridized carbons (Fsp3) is 0.875. The van der Waals surface area contributed by atoms with Gasteiger partial charge in [-0.2, -0.15) is 0 Å². The summed E-state index contributed by atoms with van der Waals surface area (Å²) in [5.41, 5.74) is 0. The highest BCUT2D eigenvalue weighted by Crippen LogP contribution is 2.47. The summed E-state index contributed by atoms with van der Waals surface area (Å²) in [6.07, 6.45) is 1.01. The first-order valence-electron chi connectivity index (χ1n) is 4.70. The van der Waals surface area contributed by atoms with Crippen molar-refractivity contribution in [3.05, 3.63) is 0 Å². The molecule has 0 aliphatic carbocycles. The average Bonchev–Trinajstić information content (AvgIpc) is 2.27. The van der Waals surface area contributed by atoms with E-state index in [0.717, 1.165) is 0 Å². The van der Waals surface area contributed by atoms with E-state index in [1.165, 1.54) is 14.2 Å². The second-order valence-corrected chi connectivity index (χ2v) is 4.59. The van der Waals surface area contributed by atoms with Gasteiger partial charge in [0.1, 0.15) is 0 Å². The van der Waals surface area contributed by atoms with E-state index >= 15 is 0 Å². The van der Waals surface area contributed by atoms with Gasteiger partial charge < -0.3 is 5.32 Å². The van der Waals surface area contributed by atoms with Crippen LogP contribution in [0.3, 0.4) is 0 Å². The van der Waals surface area contributed by atoms with Crippen LogP contribution in [0.5, 0.6) is 0 Å². The summed E-state index contributed by atoms with van der Waals surface area (Å²) in [4.78, 5) is 10.8. The Labute approximate surface area is 89.9 Å². The van der Waals surface area contributed by atoms with E-state index in [1.54, 1.807) is 6.92 Å². The summed E-state index contributed by atoms with van der Waals surface area (Å²) in [6, 6.07) is 0. The summed E-state index contributed by atoms with van der Waals surface area (Å²) in [5, 5.41) is 2.66. The lowest BCUT2D eigenvalue weighted by atomic mass is 10.4. The van der Waals surface area contributed by atoms with Crippen molar-refractivity contribution in [1.82, 2.24) is 5.32 Å². The van der Waals surface area contributed by atoms with E-state index in [-0.39, 0.29) is 12.5 Å². The van der Waals surface area contributed by atoms with Crippen molar-refractivity contribution >= 4 is 13.7 Å². The number of phosphoric acid groups is 1. The number of rotatable bonds is 8. The first-order chi connectivity index (χ1) is 7.08. The summed E-state index contributed by atoms with van der Waals surface area (Å²) >= 11 is 0. The van der Waals surface area contributed by atoms with Crippen molar-refractivity contribution in [2.24, 2.45) is 0 Å². The summed E-state index contributed by atoms with van der Waals surface area (Å²) < 4.78 is 25.4. The Morgan fingerprint density at radius 2 is 1.93 bits per heavy atom. The van der Waals surface area contributed by atoms with E-state index in [1.807, 2.05) is 0 Å². The predicted molar refractivity (Wildman–Crippen MR) is 55.5 cm³/mol. The number of nitrogens with one attached hydrogen (secondary N) is 1. The molecule has 7 heteroatoms. The molecule has 0 unspecified atom stereocenters. The maximum Gasteiger partial charge on any atom is 0.474 e. The molecule has 0 aliphatic rings. The Balaban J connectivity index is 3.54. The Bertz CT molecular complexity index is 225. The monoisotopic (exact) mass is 239 g/mol. The maximum atomic E-state index is 11.3. The highest BCUT2D eigenvalue weighted by Gasteiger charge is 2.21. The minimum atomic E-state index is -3.36. The highest BCUT2D eigenvalue weighted by atomic mass is 31.2. The molecule has 0 aliphatic heterocycles. The van der Waals surface area contributed by atoms with Crippen LogP contribution in [0.15, 0.2) is 0 Å². The number of carbonyl (C=O) groups is 1. The zero-order valence-electron chi connectivity index (χ0n) is 9.32. The number of hydrogen-bond acceptors (Lipinski definition) is 5. The molecule has 0 aromatic carbocycles. The van der Waals surface area contributed by atoms with E-state index in [9.17, 15) is 9.36 Å². The van der Waals surface area contributed by atoms with Crippen molar-refractivity contribution in [1.29, 1.82) is 0 Å². The molecular weight excluding hydrogens is 221 g/mol. The second-order valence-electron chi connectivity index (χ2n) is 2.70. The zero-order chi connectivity index (χ0) is 11.7. The zero-order valence-corrected chi connectivity index (χ0v) is 10.2. The third-order valence-corrected chi connectivity index (χ3v) is 3.05. The van der Waals surface area contributed by atoms with Gasteiger partial charge in [0.25, 0.3) is 0 Å². The smallest absolute Gasteiger partial charge is 0.356 e. The van der Waals surface area contributed by atoms with Gasteiger partial charge in [-0.25, -0.2) is 4.57 Å². The molecular formula is C8H18NO5P. The molecule has 0 saturated heterocycles. The lowest BCUT2D eigenvalue weighted by Gasteiger charge is -2.12. The van der Waals surface area contributed by atoms with Gasteiger partial charge in [0, 0.05) is 27.2 Å². The van der Waals surface area contributed by atoms with Gasteiger partial charge in [-0.05, 0) is 6.42 Å².